The molecule has 0 radical (unpaired) electrons. The normalized spacial score (nSPS) is 11.6. The Morgan fingerprint density at radius 2 is 2.21 bits per heavy atom. The molecule has 2 heterocycles. The Morgan fingerprint density at radius 1 is 1.47 bits per heavy atom. The summed E-state index contributed by atoms with van der Waals surface area (Å²) < 4.78 is 1.83. The van der Waals surface area contributed by atoms with Crippen molar-refractivity contribution in [2.45, 2.75) is 45.3 Å². The summed E-state index contributed by atoms with van der Waals surface area (Å²) in [6.45, 7) is 7.22. The van der Waals surface area contributed by atoms with E-state index in [1.165, 1.54) is 4.88 Å². The van der Waals surface area contributed by atoms with Crippen LogP contribution in [0.5, 0.6) is 0 Å². The molecule has 0 N–H and O–H groups in total. The summed E-state index contributed by atoms with van der Waals surface area (Å²) in [6.07, 6.45) is 3.94. The van der Waals surface area contributed by atoms with Crippen molar-refractivity contribution in [1.29, 1.82) is 0 Å². The summed E-state index contributed by atoms with van der Waals surface area (Å²) in [7, 11) is 0. The number of rotatable bonds is 5. The van der Waals surface area contributed by atoms with Crippen LogP contribution in [0.15, 0.2) is 16.0 Å². The van der Waals surface area contributed by atoms with Crippen LogP contribution in [0, 0.1) is 5.92 Å². The van der Waals surface area contributed by atoms with Gasteiger partial charge in [-0.25, -0.2) is 4.98 Å². The molecule has 0 fully saturated rings. The molecule has 2 aromatic rings. The molecule has 104 valence electrons. The van der Waals surface area contributed by atoms with E-state index in [9.17, 15) is 4.79 Å². The first-order valence-corrected chi connectivity index (χ1v) is 8.68. The van der Waals surface area contributed by atoms with Gasteiger partial charge in [0.2, 0.25) is 0 Å². The maximum atomic E-state index is 12.6. The number of hydrogen-bond donors (Lipinski definition) is 0. The van der Waals surface area contributed by atoms with Crippen molar-refractivity contribution in [2.75, 3.05) is 6.26 Å². The molecule has 0 saturated heterocycles. The van der Waals surface area contributed by atoms with Crippen molar-refractivity contribution in [2.24, 2.45) is 5.92 Å². The first-order valence-electron chi connectivity index (χ1n) is 6.64. The molecule has 0 spiro atoms. The fourth-order valence-corrected chi connectivity index (χ4v) is 3.55. The summed E-state index contributed by atoms with van der Waals surface area (Å²) >= 11 is 3.19. The monoisotopic (exact) mass is 296 g/mol. The predicted molar refractivity (Wildman–Crippen MR) is 84.5 cm³/mol. The van der Waals surface area contributed by atoms with Crippen LogP contribution in [0.4, 0.5) is 0 Å². The molecule has 2 rings (SSSR count). The first-order chi connectivity index (χ1) is 9.06. The molecule has 0 bridgehead atoms. The van der Waals surface area contributed by atoms with Gasteiger partial charge in [0.25, 0.3) is 5.56 Å². The summed E-state index contributed by atoms with van der Waals surface area (Å²) in [4.78, 5) is 19.3. The van der Waals surface area contributed by atoms with Crippen molar-refractivity contribution in [3.63, 3.8) is 0 Å². The lowest BCUT2D eigenvalue weighted by molar-refractivity contribution is 0.481. The van der Waals surface area contributed by atoms with Crippen LogP contribution in [0.1, 0.15) is 32.1 Å². The predicted octanol–water partition coefficient (Wildman–Crippen LogP) is 3.79. The number of nitrogens with zero attached hydrogens (tertiary/aromatic N) is 2. The Hall–Kier alpha value is -0.810. The molecule has 0 aliphatic carbocycles. The second-order valence-electron chi connectivity index (χ2n) is 5.02. The van der Waals surface area contributed by atoms with E-state index >= 15 is 0 Å². The number of aryl methyl sites for hydroxylation is 1. The minimum Gasteiger partial charge on any atom is -0.287 e. The van der Waals surface area contributed by atoms with Crippen molar-refractivity contribution in [1.82, 2.24) is 9.55 Å². The van der Waals surface area contributed by atoms with Crippen LogP contribution in [0.25, 0.3) is 10.2 Å². The van der Waals surface area contributed by atoms with E-state index < -0.39 is 0 Å². The largest absolute Gasteiger partial charge is 0.287 e. The maximum Gasteiger partial charge on any atom is 0.262 e. The Morgan fingerprint density at radius 3 is 2.79 bits per heavy atom. The van der Waals surface area contributed by atoms with Gasteiger partial charge in [0.1, 0.15) is 4.83 Å². The van der Waals surface area contributed by atoms with Crippen LogP contribution in [0.2, 0.25) is 0 Å². The molecule has 3 nitrogen and oxygen atoms in total. The number of aromatic nitrogens is 2. The molecule has 0 aliphatic heterocycles. The first kappa shape index (κ1) is 14.6. The van der Waals surface area contributed by atoms with Crippen molar-refractivity contribution < 1.29 is 0 Å². The molecule has 0 unspecified atom stereocenters. The van der Waals surface area contributed by atoms with Gasteiger partial charge in [-0.2, -0.15) is 0 Å². The standard InChI is InChI=1S/C14H20N2OS2/c1-5-10-8-11-12(19-10)15-14(18-4)16(13(11)17)7-6-9(2)3/h8-9H,5-7H2,1-4H3. The zero-order valence-electron chi connectivity index (χ0n) is 11.9. The molecule has 0 amide bonds. The molecule has 0 aliphatic rings. The van der Waals surface area contributed by atoms with Crippen LogP contribution in [-0.2, 0) is 13.0 Å². The number of thiophene rings is 1. The minimum absolute atomic E-state index is 0.117. The number of thioether (sulfide) groups is 1. The van der Waals surface area contributed by atoms with Gasteiger partial charge >= 0.3 is 0 Å². The summed E-state index contributed by atoms with van der Waals surface area (Å²) in [5, 5.41) is 1.62. The molecule has 19 heavy (non-hydrogen) atoms. The van der Waals surface area contributed by atoms with Crippen LogP contribution in [-0.4, -0.2) is 15.8 Å². The van der Waals surface area contributed by atoms with E-state index in [-0.39, 0.29) is 5.56 Å². The van der Waals surface area contributed by atoms with Crippen LogP contribution < -0.4 is 5.56 Å². The lowest BCUT2D eigenvalue weighted by Crippen LogP contribution is -2.23. The Kier molecular flexibility index (Phi) is 4.68. The summed E-state index contributed by atoms with van der Waals surface area (Å²) in [6, 6.07) is 2.01. The lowest BCUT2D eigenvalue weighted by Gasteiger charge is -2.11. The minimum atomic E-state index is 0.117. The van der Waals surface area contributed by atoms with Crippen LogP contribution >= 0.6 is 23.1 Å². The average Bonchev–Trinajstić information content (AvgIpc) is 2.80. The van der Waals surface area contributed by atoms with E-state index in [1.807, 2.05) is 16.9 Å². The van der Waals surface area contributed by atoms with Crippen LogP contribution in [0.3, 0.4) is 0 Å². The Bertz CT molecular complexity index is 628. The number of fused-ring (bicyclic) bond motifs is 1. The second kappa shape index (κ2) is 6.09. The van der Waals surface area contributed by atoms with E-state index in [4.69, 9.17) is 0 Å². The zero-order valence-corrected chi connectivity index (χ0v) is 13.5. The van der Waals surface area contributed by atoms with Crippen molar-refractivity contribution in [3.8, 4) is 0 Å². The van der Waals surface area contributed by atoms with Gasteiger partial charge in [0, 0.05) is 11.4 Å². The second-order valence-corrected chi connectivity index (χ2v) is 6.91. The van der Waals surface area contributed by atoms with Gasteiger partial charge in [-0.15, -0.1) is 11.3 Å². The molecule has 0 atom stereocenters. The summed E-state index contributed by atoms with van der Waals surface area (Å²) in [5.74, 6) is 0.589. The Balaban J connectivity index is 2.54. The van der Waals surface area contributed by atoms with E-state index in [1.54, 1.807) is 23.1 Å². The van der Waals surface area contributed by atoms with Gasteiger partial charge < -0.3 is 0 Å². The summed E-state index contributed by atoms with van der Waals surface area (Å²) in [5.41, 5.74) is 0.117. The van der Waals surface area contributed by atoms with E-state index in [0.29, 0.717) is 5.92 Å². The fourth-order valence-electron chi connectivity index (χ4n) is 1.96. The molecular formula is C14H20N2OS2. The third-order valence-electron chi connectivity index (χ3n) is 3.13. The third kappa shape index (κ3) is 3.03. The van der Waals surface area contributed by atoms with Gasteiger partial charge in [-0.1, -0.05) is 32.5 Å². The quantitative estimate of drug-likeness (QED) is 0.622. The van der Waals surface area contributed by atoms with Gasteiger partial charge in [-0.3, -0.25) is 9.36 Å². The van der Waals surface area contributed by atoms with Gasteiger partial charge in [-0.05, 0) is 31.1 Å². The Labute approximate surface area is 122 Å². The molecule has 0 aromatic carbocycles. The maximum absolute atomic E-state index is 12.6. The molecule has 2 aromatic heterocycles. The highest BCUT2D eigenvalue weighted by Gasteiger charge is 2.13. The van der Waals surface area contributed by atoms with E-state index in [0.717, 1.165) is 34.8 Å². The average molecular weight is 296 g/mol. The van der Waals surface area contributed by atoms with Crippen molar-refractivity contribution in [3.05, 3.63) is 21.3 Å². The smallest absolute Gasteiger partial charge is 0.262 e. The fraction of sp³-hybridized carbons (Fsp3) is 0.571. The zero-order chi connectivity index (χ0) is 14.0. The highest BCUT2D eigenvalue weighted by molar-refractivity contribution is 7.98. The highest BCUT2D eigenvalue weighted by Crippen LogP contribution is 2.24. The molecular weight excluding hydrogens is 276 g/mol. The van der Waals surface area contributed by atoms with Crippen molar-refractivity contribution >= 4 is 33.3 Å². The van der Waals surface area contributed by atoms with E-state index in [2.05, 4.69) is 25.8 Å². The van der Waals surface area contributed by atoms with Gasteiger partial charge in [0.15, 0.2) is 5.16 Å². The lowest BCUT2D eigenvalue weighted by atomic mass is 10.1. The third-order valence-corrected chi connectivity index (χ3v) is 4.98. The number of hydrogen-bond acceptors (Lipinski definition) is 4. The molecule has 5 heteroatoms. The SMILES string of the molecule is CCc1cc2c(=O)n(CCC(C)C)c(SC)nc2s1. The topological polar surface area (TPSA) is 34.9 Å². The van der Waals surface area contributed by atoms with Gasteiger partial charge in [0.05, 0.1) is 5.39 Å². The highest BCUT2D eigenvalue weighted by atomic mass is 32.2. The molecule has 0 saturated carbocycles.